The highest BCUT2D eigenvalue weighted by Crippen LogP contribution is 2.25. The maximum atomic E-state index is 12.5. The molecule has 0 unspecified atom stereocenters. The van der Waals surface area contributed by atoms with E-state index in [0.29, 0.717) is 24.5 Å². The zero-order chi connectivity index (χ0) is 17.0. The lowest BCUT2D eigenvalue weighted by Crippen LogP contribution is -2.42. The van der Waals surface area contributed by atoms with E-state index in [-0.39, 0.29) is 17.7 Å². The standard InChI is InChI=1S/C17H21N3O3/c1-4-17(22,5-2)11-19-15(21)14-12(3)23-16(13(14)10-18)20-8-6-7-9-20/h6-9,22H,4-5,11H2,1-3H3,(H,19,21). The highest BCUT2D eigenvalue weighted by molar-refractivity contribution is 5.98. The van der Waals surface area contributed by atoms with Gasteiger partial charge in [-0.2, -0.15) is 5.26 Å². The summed E-state index contributed by atoms with van der Waals surface area (Å²) in [6, 6.07) is 5.66. The molecule has 0 bridgehead atoms. The minimum absolute atomic E-state index is 0.132. The second kappa shape index (κ2) is 6.71. The molecule has 6 heteroatoms. The van der Waals surface area contributed by atoms with Crippen LogP contribution in [0.25, 0.3) is 5.88 Å². The van der Waals surface area contributed by atoms with Gasteiger partial charge in [0.15, 0.2) is 0 Å². The number of carbonyl (C=O) groups is 1. The summed E-state index contributed by atoms with van der Waals surface area (Å²) in [5.41, 5.74) is -0.540. The predicted molar refractivity (Wildman–Crippen MR) is 85.4 cm³/mol. The first kappa shape index (κ1) is 16.8. The molecule has 122 valence electrons. The van der Waals surface area contributed by atoms with Gasteiger partial charge < -0.3 is 14.8 Å². The fraction of sp³-hybridized carbons (Fsp3) is 0.412. The van der Waals surface area contributed by atoms with Crippen LogP contribution in [0.15, 0.2) is 28.9 Å². The fourth-order valence-corrected chi connectivity index (χ4v) is 2.39. The average molecular weight is 315 g/mol. The number of amides is 1. The first-order valence-corrected chi connectivity index (χ1v) is 7.63. The molecular formula is C17H21N3O3. The van der Waals surface area contributed by atoms with Gasteiger partial charge in [-0.05, 0) is 31.9 Å². The van der Waals surface area contributed by atoms with E-state index < -0.39 is 11.5 Å². The highest BCUT2D eigenvalue weighted by atomic mass is 16.4. The number of furan rings is 1. The van der Waals surface area contributed by atoms with E-state index in [0.717, 1.165) is 0 Å². The van der Waals surface area contributed by atoms with E-state index in [2.05, 4.69) is 5.32 Å². The van der Waals surface area contributed by atoms with Crippen LogP contribution < -0.4 is 5.32 Å². The molecule has 0 fully saturated rings. The van der Waals surface area contributed by atoms with Crippen LogP contribution in [-0.4, -0.2) is 27.7 Å². The third-order valence-electron chi connectivity index (χ3n) is 4.14. The van der Waals surface area contributed by atoms with Crippen molar-refractivity contribution in [2.75, 3.05) is 6.54 Å². The van der Waals surface area contributed by atoms with Crippen LogP contribution in [0.4, 0.5) is 0 Å². The molecule has 0 atom stereocenters. The molecule has 0 radical (unpaired) electrons. The zero-order valence-electron chi connectivity index (χ0n) is 13.6. The van der Waals surface area contributed by atoms with Gasteiger partial charge in [-0.15, -0.1) is 0 Å². The second-order valence-corrected chi connectivity index (χ2v) is 5.53. The van der Waals surface area contributed by atoms with E-state index in [1.54, 1.807) is 36.0 Å². The van der Waals surface area contributed by atoms with Crippen molar-refractivity contribution in [3.8, 4) is 12.0 Å². The number of nitrogens with zero attached hydrogens (tertiary/aromatic N) is 2. The summed E-state index contributed by atoms with van der Waals surface area (Å²) in [6.45, 7) is 5.51. The first-order valence-electron chi connectivity index (χ1n) is 7.63. The molecule has 0 spiro atoms. The van der Waals surface area contributed by atoms with E-state index in [4.69, 9.17) is 4.42 Å². The molecule has 2 rings (SSSR count). The summed E-state index contributed by atoms with van der Waals surface area (Å²) in [5, 5.41) is 22.4. The van der Waals surface area contributed by atoms with Gasteiger partial charge in [-0.25, -0.2) is 0 Å². The maximum absolute atomic E-state index is 12.5. The Morgan fingerprint density at radius 3 is 2.52 bits per heavy atom. The molecule has 0 saturated carbocycles. The highest BCUT2D eigenvalue weighted by Gasteiger charge is 2.27. The monoisotopic (exact) mass is 315 g/mol. The van der Waals surface area contributed by atoms with Crippen molar-refractivity contribution in [1.29, 1.82) is 5.26 Å². The predicted octanol–water partition coefficient (Wildman–Crippen LogP) is 2.53. The van der Waals surface area contributed by atoms with Crippen molar-refractivity contribution in [2.45, 2.75) is 39.2 Å². The number of aromatic nitrogens is 1. The quantitative estimate of drug-likeness (QED) is 0.857. The Bertz CT molecular complexity index is 719. The third kappa shape index (κ3) is 3.30. The number of hydrogen-bond donors (Lipinski definition) is 2. The summed E-state index contributed by atoms with van der Waals surface area (Å²) < 4.78 is 7.25. The number of nitriles is 1. The van der Waals surface area contributed by atoms with Crippen molar-refractivity contribution in [2.24, 2.45) is 0 Å². The molecule has 0 aliphatic heterocycles. The second-order valence-electron chi connectivity index (χ2n) is 5.53. The van der Waals surface area contributed by atoms with Gasteiger partial charge in [-0.3, -0.25) is 9.36 Å². The van der Waals surface area contributed by atoms with Crippen LogP contribution in [0.2, 0.25) is 0 Å². The largest absolute Gasteiger partial charge is 0.443 e. The number of carbonyl (C=O) groups excluding carboxylic acids is 1. The Hall–Kier alpha value is -2.52. The fourth-order valence-electron chi connectivity index (χ4n) is 2.39. The minimum Gasteiger partial charge on any atom is -0.443 e. The van der Waals surface area contributed by atoms with Crippen molar-refractivity contribution in [3.05, 3.63) is 41.4 Å². The van der Waals surface area contributed by atoms with E-state index in [1.807, 2.05) is 19.9 Å². The summed E-state index contributed by atoms with van der Waals surface area (Å²) in [4.78, 5) is 12.5. The number of hydrogen-bond acceptors (Lipinski definition) is 4. The summed E-state index contributed by atoms with van der Waals surface area (Å²) in [5.74, 6) is 0.280. The Morgan fingerprint density at radius 2 is 2.00 bits per heavy atom. The molecular weight excluding hydrogens is 294 g/mol. The van der Waals surface area contributed by atoms with Gasteiger partial charge in [0.2, 0.25) is 5.88 Å². The SMILES string of the molecule is CCC(O)(CC)CNC(=O)c1c(C)oc(-n2cccc2)c1C#N. The van der Waals surface area contributed by atoms with Crippen LogP contribution in [-0.2, 0) is 0 Å². The van der Waals surface area contributed by atoms with Crippen molar-refractivity contribution in [1.82, 2.24) is 9.88 Å². The smallest absolute Gasteiger partial charge is 0.256 e. The summed E-state index contributed by atoms with van der Waals surface area (Å²) in [7, 11) is 0. The van der Waals surface area contributed by atoms with E-state index in [9.17, 15) is 15.2 Å². The van der Waals surface area contributed by atoms with Gasteiger partial charge in [-0.1, -0.05) is 13.8 Å². The Morgan fingerprint density at radius 1 is 1.39 bits per heavy atom. The molecule has 0 aromatic carbocycles. The average Bonchev–Trinajstić information content (AvgIpc) is 3.19. The lowest BCUT2D eigenvalue weighted by Gasteiger charge is -2.25. The van der Waals surface area contributed by atoms with Crippen molar-refractivity contribution >= 4 is 5.91 Å². The Kier molecular flexibility index (Phi) is 4.92. The number of aliphatic hydroxyl groups is 1. The molecule has 2 aromatic rings. The molecule has 2 N–H and O–H groups in total. The van der Waals surface area contributed by atoms with Crippen LogP contribution >= 0.6 is 0 Å². The lowest BCUT2D eigenvalue weighted by molar-refractivity contribution is 0.0313. The van der Waals surface area contributed by atoms with Crippen molar-refractivity contribution < 1.29 is 14.3 Å². The van der Waals surface area contributed by atoms with Crippen molar-refractivity contribution in [3.63, 3.8) is 0 Å². The molecule has 0 saturated heterocycles. The molecule has 23 heavy (non-hydrogen) atoms. The molecule has 0 aliphatic rings. The zero-order valence-corrected chi connectivity index (χ0v) is 13.6. The van der Waals surface area contributed by atoms with Gasteiger partial charge >= 0.3 is 0 Å². The van der Waals surface area contributed by atoms with Crippen LogP contribution in [0.1, 0.15) is 48.4 Å². The first-order chi connectivity index (χ1) is 11.0. The van der Waals surface area contributed by atoms with Gasteiger partial charge in [0.05, 0.1) is 5.60 Å². The van der Waals surface area contributed by atoms with Gasteiger partial charge in [0.25, 0.3) is 5.91 Å². The molecule has 2 heterocycles. The molecule has 2 aromatic heterocycles. The van der Waals surface area contributed by atoms with Gasteiger partial charge in [0, 0.05) is 18.9 Å². The molecule has 6 nitrogen and oxygen atoms in total. The summed E-state index contributed by atoms with van der Waals surface area (Å²) in [6.07, 6.45) is 4.56. The lowest BCUT2D eigenvalue weighted by atomic mass is 9.97. The number of aryl methyl sites for hydroxylation is 1. The van der Waals surface area contributed by atoms with Gasteiger partial charge in [0.1, 0.15) is 23.0 Å². The van der Waals surface area contributed by atoms with E-state index in [1.165, 1.54) is 0 Å². The Labute approximate surface area is 135 Å². The number of nitrogens with one attached hydrogen (secondary N) is 1. The topological polar surface area (TPSA) is 91.2 Å². The molecule has 1 amide bonds. The summed E-state index contributed by atoms with van der Waals surface area (Å²) >= 11 is 0. The van der Waals surface area contributed by atoms with Crippen LogP contribution in [0.3, 0.4) is 0 Å². The van der Waals surface area contributed by atoms with E-state index >= 15 is 0 Å². The normalized spacial score (nSPS) is 11.3. The van der Waals surface area contributed by atoms with Crippen LogP contribution in [0, 0.1) is 18.3 Å². The minimum atomic E-state index is -0.941. The third-order valence-corrected chi connectivity index (χ3v) is 4.14. The number of rotatable bonds is 6. The van der Waals surface area contributed by atoms with Crippen LogP contribution in [0.5, 0.6) is 0 Å². The molecule has 0 aliphatic carbocycles. The Balaban J connectivity index is 2.30. The maximum Gasteiger partial charge on any atom is 0.256 e.